The van der Waals surface area contributed by atoms with Gasteiger partial charge in [-0.25, -0.2) is 18.1 Å². The fraction of sp³-hybridized carbons (Fsp3) is 0.727. The zero-order valence-electron chi connectivity index (χ0n) is 28.6. The molecule has 0 aliphatic heterocycles. The molecular formula is C33H60F5NO8. The summed E-state index contributed by atoms with van der Waals surface area (Å²) in [5.41, 5.74) is 5.24. The van der Waals surface area contributed by atoms with Gasteiger partial charge < -0.3 is 29.4 Å². The minimum atomic E-state index is -2.34. The molecule has 0 amide bonds. The molecule has 0 spiro atoms. The van der Waals surface area contributed by atoms with E-state index in [9.17, 15) is 26.7 Å². The molecule has 14 heteroatoms. The van der Waals surface area contributed by atoms with Crippen LogP contribution in [0.3, 0.4) is 0 Å². The van der Waals surface area contributed by atoms with E-state index in [1.54, 1.807) is 0 Å². The van der Waals surface area contributed by atoms with Crippen LogP contribution in [-0.2, 0) is 28.6 Å². The maximum absolute atomic E-state index is 13.4. The molecule has 47 heavy (non-hydrogen) atoms. The lowest BCUT2D eigenvalue weighted by atomic mass is 10.1. The fourth-order valence-corrected chi connectivity index (χ4v) is 4.21. The third kappa shape index (κ3) is 19.3. The van der Waals surface area contributed by atoms with Gasteiger partial charge in [-0.05, 0) is 30.6 Å². The Balaban J connectivity index is -0.000000268. The first-order valence-electron chi connectivity index (χ1n) is 16.3. The van der Waals surface area contributed by atoms with Gasteiger partial charge in [-0.3, -0.25) is 10.1 Å². The molecule has 0 heterocycles. The molecule has 0 saturated heterocycles. The summed E-state index contributed by atoms with van der Waals surface area (Å²) in [6, 6.07) is 0. The lowest BCUT2D eigenvalue weighted by molar-refractivity contribution is -0.246. The van der Waals surface area contributed by atoms with Crippen molar-refractivity contribution in [2.75, 3.05) is 66.0 Å². The Kier molecular flexibility index (Phi) is 30.7. The summed E-state index contributed by atoms with van der Waals surface area (Å²) < 4.78 is 90.5. The summed E-state index contributed by atoms with van der Waals surface area (Å²) in [5, 5.41) is 8.33. The second-order valence-electron chi connectivity index (χ2n) is 9.08. The molecule has 1 aromatic carbocycles. The van der Waals surface area contributed by atoms with Gasteiger partial charge in [-0.15, -0.1) is 11.8 Å². The lowest BCUT2D eigenvalue weighted by Gasteiger charge is -2.09. The Morgan fingerprint density at radius 1 is 0.702 bits per heavy atom. The molecule has 3 N–H and O–H groups in total. The molecular weight excluding hydrogens is 633 g/mol. The van der Waals surface area contributed by atoms with Gasteiger partial charge in [0, 0.05) is 23.7 Å². The maximum atomic E-state index is 13.4. The summed E-state index contributed by atoms with van der Waals surface area (Å²) in [7, 11) is 0. The zero-order valence-corrected chi connectivity index (χ0v) is 28.6. The van der Waals surface area contributed by atoms with E-state index in [-0.39, 0.29) is 24.1 Å². The van der Waals surface area contributed by atoms with Crippen molar-refractivity contribution in [3.63, 3.8) is 0 Å². The van der Waals surface area contributed by atoms with E-state index in [0.717, 1.165) is 24.7 Å². The van der Waals surface area contributed by atoms with Crippen LogP contribution >= 0.6 is 0 Å². The minimum Gasteiger partial charge on any atom is -0.420 e. The number of fused-ring (bicyclic) bond motifs is 1. The first-order valence-corrected chi connectivity index (χ1v) is 16.3. The van der Waals surface area contributed by atoms with Crippen molar-refractivity contribution in [3.05, 3.63) is 29.1 Å². The van der Waals surface area contributed by atoms with Crippen LogP contribution < -0.4 is 10.5 Å². The van der Waals surface area contributed by atoms with Crippen LogP contribution in [0.2, 0.25) is 0 Å². The van der Waals surface area contributed by atoms with Crippen LogP contribution in [0.5, 0.6) is 5.75 Å². The van der Waals surface area contributed by atoms with Gasteiger partial charge >= 0.3 is 5.97 Å². The summed E-state index contributed by atoms with van der Waals surface area (Å²) in [6.45, 7) is 15.0. The monoisotopic (exact) mass is 693 g/mol. The highest BCUT2D eigenvalue weighted by molar-refractivity contribution is 5.72. The van der Waals surface area contributed by atoms with E-state index < -0.39 is 47.2 Å². The van der Waals surface area contributed by atoms with Gasteiger partial charge in [0.15, 0.2) is 0 Å². The van der Waals surface area contributed by atoms with E-state index in [0.29, 0.717) is 52.1 Å². The molecule has 9 nitrogen and oxygen atoms in total. The van der Waals surface area contributed by atoms with Crippen molar-refractivity contribution in [2.24, 2.45) is 23.5 Å². The number of nitrogens with two attached hydrogens (primary N) is 1. The molecule has 1 aromatic rings. The van der Waals surface area contributed by atoms with Gasteiger partial charge in [0.1, 0.15) is 0 Å². The van der Waals surface area contributed by atoms with Crippen LogP contribution in [0.1, 0.15) is 77.9 Å². The Morgan fingerprint density at radius 2 is 1.09 bits per heavy atom. The lowest BCUT2D eigenvalue weighted by Crippen LogP contribution is -2.16. The molecule has 1 fully saturated rings. The first-order chi connectivity index (χ1) is 22.8. The smallest absolute Gasteiger partial charge is 0.313 e. The van der Waals surface area contributed by atoms with Crippen LogP contribution in [-0.4, -0.2) is 77.2 Å². The highest BCUT2D eigenvalue weighted by Gasteiger charge is 2.48. The molecule has 1 saturated carbocycles. The number of hydrogen-bond donors (Lipinski definition) is 2. The SMILES string of the molecule is CC.CC.CC.NCCOCCOCCOCCOCCC(=O)Oc1c(F)c(F)c(F)c(F)c1F.OOCC1C2CCC#CCCC21.[HH].[HH].[HH]. The van der Waals surface area contributed by atoms with E-state index in [4.69, 9.17) is 29.9 Å². The number of rotatable bonds is 17. The quantitative estimate of drug-likeness (QED) is 0.0198. The normalized spacial score (nSPS) is 17.1. The predicted octanol–water partition coefficient (Wildman–Crippen LogP) is 7.43. The molecule has 0 bridgehead atoms. The van der Waals surface area contributed by atoms with Gasteiger partial charge in [0.2, 0.25) is 34.8 Å². The number of halogens is 5. The largest absolute Gasteiger partial charge is 0.420 e. The summed E-state index contributed by atoms with van der Waals surface area (Å²) in [4.78, 5) is 15.7. The van der Waals surface area contributed by atoms with Crippen molar-refractivity contribution in [1.29, 1.82) is 0 Å². The number of benzene rings is 1. The predicted molar refractivity (Wildman–Crippen MR) is 174 cm³/mol. The highest BCUT2D eigenvalue weighted by Crippen LogP contribution is 2.52. The topological polar surface area (TPSA) is 119 Å². The Hall–Kier alpha value is -2.38. The molecule has 0 aromatic heterocycles. The minimum absolute atomic E-state index is 0. The van der Waals surface area contributed by atoms with Gasteiger partial charge in [0.05, 0.1) is 65.9 Å². The number of esters is 1. The number of carbonyl (C=O) groups excluding carboxylic acids is 1. The average Bonchev–Trinajstić information content (AvgIpc) is 3.74. The molecule has 2 unspecified atom stereocenters. The standard InChI is InChI=1S/C17H22F5NO6.C10H14O2.3C2H6.3H2/c18-12-13(19)15(21)17(16(22)14(12)20)29-11(24)1-3-25-5-7-27-9-10-28-8-6-26-4-2-23;11-12-7-10-8-5-3-1-2-4-6-9(8)10;3*1-2;;;/h1-10,23H2;8-11H,3-7H2;3*1-2H3;3*1H. The Bertz CT molecular complexity index is 979. The van der Waals surface area contributed by atoms with E-state index >= 15 is 0 Å². The van der Waals surface area contributed by atoms with Crippen molar-refractivity contribution < 1.29 is 64.9 Å². The summed E-state index contributed by atoms with van der Waals surface area (Å²) in [5.74, 6) is -5.58. The van der Waals surface area contributed by atoms with Crippen molar-refractivity contribution in [3.8, 4) is 17.6 Å². The first kappa shape index (κ1) is 46.7. The van der Waals surface area contributed by atoms with Crippen molar-refractivity contribution >= 4 is 5.97 Å². The molecule has 280 valence electrons. The third-order valence-electron chi connectivity index (χ3n) is 6.32. The summed E-state index contributed by atoms with van der Waals surface area (Å²) >= 11 is 0. The molecule has 2 atom stereocenters. The number of carbonyl (C=O) groups is 1. The van der Waals surface area contributed by atoms with Crippen LogP contribution in [0.25, 0.3) is 0 Å². The van der Waals surface area contributed by atoms with Crippen LogP contribution in [0, 0.1) is 58.7 Å². The van der Waals surface area contributed by atoms with E-state index in [2.05, 4.69) is 21.5 Å². The Morgan fingerprint density at radius 3 is 1.49 bits per heavy atom. The van der Waals surface area contributed by atoms with Gasteiger partial charge in [-0.2, -0.15) is 8.78 Å². The molecule has 3 rings (SSSR count). The zero-order chi connectivity index (χ0) is 36.0. The molecule has 2 aliphatic rings. The average molecular weight is 694 g/mol. The van der Waals surface area contributed by atoms with Crippen LogP contribution in [0.15, 0.2) is 0 Å². The van der Waals surface area contributed by atoms with E-state index in [1.165, 1.54) is 12.8 Å². The van der Waals surface area contributed by atoms with Gasteiger partial charge in [0.25, 0.3) is 0 Å². The third-order valence-corrected chi connectivity index (χ3v) is 6.32. The number of ether oxygens (including phenoxy) is 5. The Labute approximate surface area is 280 Å². The van der Waals surface area contributed by atoms with Crippen molar-refractivity contribution in [1.82, 2.24) is 0 Å². The summed E-state index contributed by atoms with van der Waals surface area (Å²) in [6.07, 6.45) is 4.00. The second-order valence-corrected chi connectivity index (χ2v) is 9.08. The number of hydrogen-bond acceptors (Lipinski definition) is 9. The van der Waals surface area contributed by atoms with Gasteiger partial charge in [-0.1, -0.05) is 41.5 Å². The fourth-order valence-electron chi connectivity index (χ4n) is 4.21. The van der Waals surface area contributed by atoms with E-state index in [1.807, 2.05) is 41.5 Å². The maximum Gasteiger partial charge on any atom is 0.313 e. The molecule has 2 aliphatic carbocycles. The highest BCUT2D eigenvalue weighted by atomic mass is 19.2. The van der Waals surface area contributed by atoms with Crippen LogP contribution in [0.4, 0.5) is 22.0 Å². The second kappa shape index (κ2) is 30.9. The molecule has 0 radical (unpaired) electrons. The van der Waals surface area contributed by atoms with Crippen molar-refractivity contribution in [2.45, 2.75) is 73.6 Å².